The number of rotatable bonds is 13. The molecular weight excluding hydrogens is 485 g/mol. The molecule has 3 N–H and O–H groups in total. The number of carbonyl (C=O) groups is 1. The predicted octanol–water partition coefficient (Wildman–Crippen LogP) is 2.99. The van der Waals surface area contributed by atoms with E-state index in [0.29, 0.717) is 31.1 Å². The number of nitrogens with zero attached hydrogens (tertiary/aromatic N) is 4. The Kier molecular flexibility index (Phi) is 10.3. The summed E-state index contributed by atoms with van der Waals surface area (Å²) in [6.07, 6.45) is 3.20. The summed E-state index contributed by atoms with van der Waals surface area (Å²) in [5.74, 6) is -0.431. The zero-order valence-electron chi connectivity index (χ0n) is 21.4. The number of hydrogen-bond donors (Lipinski definition) is 3. The monoisotopic (exact) mass is 521 g/mol. The van der Waals surface area contributed by atoms with Gasteiger partial charge < -0.3 is 19.1 Å². The number of carbonyl (C=O) groups excluding carboxylic acids is 1. The lowest BCUT2D eigenvalue weighted by Gasteiger charge is -2.28. The van der Waals surface area contributed by atoms with Gasteiger partial charge in [-0.1, -0.05) is 27.7 Å². The maximum atomic E-state index is 12.5. The van der Waals surface area contributed by atoms with Crippen LogP contribution < -0.4 is 16.2 Å². The van der Waals surface area contributed by atoms with E-state index in [1.54, 1.807) is 24.7 Å². The van der Waals surface area contributed by atoms with Crippen LogP contribution in [0.2, 0.25) is 0 Å². The summed E-state index contributed by atoms with van der Waals surface area (Å²) >= 11 is 0. The number of H-pyrrole nitrogens is 1. The van der Waals surface area contributed by atoms with Gasteiger partial charge in [0.15, 0.2) is 20.2 Å². The minimum absolute atomic E-state index is 0.0769. The summed E-state index contributed by atoms with van der Waals surface area (Å²) in [5.41, 5.74) is 0.0925. The van der Waals surface area contributed by atoms with Gasteiger partial charge in [-0.25, -0.2) is 4.98 Å². The number of imidazole rings is 1. The largest absolute Gasteiger partial charge is 0.352 e. The summed E-state index contributed by atoms with van der Waals surface area (Å²) < 4.78 is 19.7. The molecule has 13 heteroatoms. The van der Waals surface area contributed by atoms with Gasteiger partial charge in [0.1, 0.15) is 6.23 Å². The molecule has 36 heavy (non-hydrogen) atoms. The molecule has 1 amide bonds. The van der Waals surface area contributed by atoms with Gasteiger partial charge in [0.2, 0.25) is 11.9 Å². The van der Waals surface area contributed by atoms with Crippen LogP contribution in [0.5, 0.6) is 0 Å². The van der Waals surface area contributed by atoms with Crippen molar-refractivity contribution in [2.24, 2.45) is 5.92 Å². The highest BCUT2D eigenvalue weighted by Gasteiger charge is 2.35. The molecule has 2 aromatic rings. The Morgan fingerprint density at radius 3 is 2.83 bits per heavy atom. The normalized spacial score (nSPS) is 19.9. The second-order valence-corrected chi connectivity index (χ2v) is 10.2. The zero-order chi connectivity index (χ0) is 26.2. The average Bonchev–Trinajstić information content (AvgIpc) is 3.45. The van der Waals surface area contributed by atoms with E-state index >= 15 is 0 Å². The molecule has 0 bridgehead atoms. The number of hydrogen-bond acceptors (Lipinski definition) is 9. The maximum Gasteiger partial charge on any atom is 0.280 e. The Bertz CT molecular complexity index is 1110. The van der Waals surface area contributed by atoms with E-state index in [2.05, 4.69) is 52.4 Å². The van der Waals surface area contributed by atoms with Crippen molar-refractivity contribution >= 4 is 32.1 Å². The van der Waals surface area contributed by atoms with E-state index in [1.165, 1.54) is 0 Å². The number of amides is 1. The highest BCUT2D eigenvalue weighted by Crippen LogP contribution is 2.35. The zero-order valence-corrected chi connectivity index (χ0v) is 22.4. The van der Waals surface area contributed by atoms with E-state index in [4.69, 9.17) is 19.0 Å². The molecule has 0 radical (unpaired) electrons. The number of aromatic amines is 1. The van der Waals surface area contributed by atoms with Crippen LogP contribution in [-0.4, -0.2) is 56.3 Å². The van der Waals surface area contributed by atoms with Crippen LogP contribution in [0.3, 0.4) is 0 Å². The third-order valence-electron chi connectivity index (χ3n) is 5.73. The summed E-state index contributed by atoms with van der Waals surface area (Å²) in [6.45, 7) is 10.1. The van der Waals surface area contributed by atoms with Crippen molar-refractivity contribution < 1.29 is 18.6 Å². The number of fused-ring (bicyclic) bond motifs is 1. The van der Waals surface area contributed by atoms with Crippen LogP contribution in [0, 0.1) is 17.2 Å². The van der Waals surface area contributed by atoms with E-state index in [1.807, 2.05) is 0 Å². The number of aromatic nitrogens is 4. The van der Waals surface area contributed by atoms with Gasteiger partial charge >= 0.3 is 0 Å². The Morgan fingerprint density at radius 2 is 2.14 bits per heavy atom. The summed E-state index contributed by atoms with van der Waals surface area (Å²) in [7, 11) is -0.191. The Hall–Kier alpha value is -2.42. The SMILES string of the molecule is CC(C)NC(C)CC(OPOCCC#N)[C@@H]1CC[C@H](n2cnc3c(=O)[nH]c(NC(=O)C(C)C)nc32)O1. The number of nitriles is 1. The first-order valence-electron chi connectivity index (χ1n) is 12.3. The standard InChI is InChI=1S/C23H36N7O5P/c1-13(2)21(31)28-23-27-20-19(22(32)29-23)25-12-30(20)18-8-7-16(34-18)17(11-15(5)26-14(3)4)35-36-33-10-6-9-24/h12-18,26,36H,6-8,10-11H2,1-5H3,(H2,27,28,29,31,32)/t15?,16-,17?,18+/m0/s1. The van der Waals surface area contributed by atoms with Gasteiger partial charge in [-0.2, -0.15) is 10.2 Å². The van der Waals surface area contributed by atoms with Crippen molar-refractivity contribution in [3.8, 4) is 6.07 Å². The van der Waals surface area contributed by atoms with E-state index in [9.17, 15) is 9.59 Å². The van der Waals surface area contributed by atoms with Crippen LogP contribution in [0.25, 0.3) is 11.2 Å². The smallest absolute Gasteiger partial charge is 0.280 e. The van der Waals surface area contributed by atoms with E-state index in [-0.39, 0.29) is 56.8 Å². The van der Waals surface area contributed by atoms with Crippen molar-refractivity contribution in [3.05, 3.63) is 16.7 Å². The second-order valence-electron chi connectivity index (χ2n) is 9.54. The molecule has 1 aliphatic rings. The molecule has 3 rings (SSSR count). The maximum absolute atomic E-state index is 12.5. The van der Waals surface area contributed by atoms with Crippen LogP contribution in [-0.2, 0) is 18.6 Å². The first-order chi connectivity index (χ1) is 17.2. The van der Waals surface area contributed by atoms with Crippen LogP contribution in [0.4, 0.5) is 5.95 Å². The van der Waals surface area contributed by atoms with E-state index < -0.39 is 5.56 Å². The number of ether oxygens (including phenoxy) is 1. The molecule has 5 atom stereocenters. The van der Waals surface area contributed by atoms with Gasteiger partial charge in [0, 0.05) is 18.0 Å². The van der Waals surface area contributed by atoms with Crippen molar-refractivity contribution in [3.63, 3.8) is 0 Å². The Balaban J connectivity index is 1.74. The molecule has 1 aliphatic heterocycles. The summed E-state index contributed by atoms with van der Waals surface area (Å²) in [4.78, 5) is 35.9. The van der Waals surface area contributed by atoms with Crippen LogP contribution in [0.1, 0.15) is 66.5 Å². The fourth-order valence-electron chi connectivity index (χ4n) is 4.08. The second kappa shape index (κ2) is 13.2. The van der Waals surface area contributed by atoms with Gasteiger partial charge in [-0.15, -0.1) is 0 Å². The lowest BCUT2D eigenvalue weighted by atomic mass is 10.0. The van der Waals surface area contributed by atoms with Crippen molar-refractivity contribution in [2.45, 2.75) is 90.8 Å². The molecule has 0 aromatic carbocycles. The lowest BCUT2D eigenvalue weighted by molar-refractivity contribution is -0.118. The van der Waals surface area contributed by atoms with Crippen molar-refractivity contribution in [2.75, 3.05) is 11.9 Å². The van der Waals surface area contributed by atoms with Gasteiger partial charge in [0.05, 0.1) is 37.6 Å². The third kappa shape index (κ3) is 7.54. The highest BCUT2D eigenvalue weighted by molar-refractivity contribution is 7.26. The average molecular weight is 522 g/mol. The molecule has 0 saturated carbocycles. The molecular formula is C23H36N7O5P. The first-order valence-corrected chi connectivity index (χ1v) is 13.1. The lowest BCUT2D eigenvalue weighted by Crippen LogP contribution is -2.39. The third-order valence-corrected chi connectivity index (χ3v) is 6.45. The number of anilines is 1. The first kappa shape index (κ1) is 28.2. The molecule has 1 fully saturated rings. The van der Waals surface area contributed by atoms with E-state index in [0.717, 1.165) is 12.8 Å². The quantitative estimate of drug-likeness (QED) is 0.266. The molecule has 12 nitrogen and oxygen atoms in total. The molecule has 198 valence electrons. The Morgan fingerprint density at radius 1 is 1.36 bits per heavy atom. The molecule has 0 aliphatic carbocycles. The fraction of sp³-hybridized carbons (Fsp3) is 0.696. The van der Waals surface area contributed by atoms with Crippen molar-refractivity contribution in [1.29, 1.82) is 5.26 Å². The van der Waals surface area contributed by atoms with Crippen molar-refractivity contribution in [1.82, 2.24) is 24.8 Å². The topological polar surface area (TPSA) is 156 Å². The van der Waals surface area contributed by atoms with Gasteiger partial charge in [-0.3, -0.25) is 24.5 Å². The summed E-state index contributed by atoms with van der Waals surface area (Å²) in [5, 5.41) is 14.8. The Labute approximate surface area is 212 Å². The van der Waals surface area contributed by atoms with Crippen LogP contribution >= 0.6 is 9.03 Å². The highest BCUT2D eigenvalue weighted by atomic mass is 31.1. The fourth-order valence-corrected chi connectivity index (χ4v) is 4.70. The molecule has 3 heterocycles. The predicted molar refractivity (Wildman–Crippen MR) is 136 cm³/mol. The van der Waals surface area contributed by atoms with Gasteiger partial charge in [-0.05, 0) is 26.2 Å². The number of nitrogens with one attached hydrogen (secondary N) is 3. The van der Waals surface area contributed by atoms with Gasteiger partial charge in [0.25, 0.3) is 5.56 Å². The van der Waals surface area contributed by atoms with Crippen LogP contribution in [0.15, 0.2) is 11.1 Å². The minimum atomic E-state index is -0.433. The molecule has 0 spiro atoms. The minimum Gasteiger partial charge on any atom is -0.352 e. The summed E-state index contributed by atoms with van der Waals surface area (Å²) in [6, 6.07) is 2.58. The molecule has 3 unspecified atom stereocenters. The molecule has 1 saturated heterocycles. The molecule has 2 aromatic heterocycles.